The molecule has 0 aliphatic heterocycles. The van der Waals surface area contributed by atoms with Crippen molar-refractivity contribution in [2.24, 2.45) is 0 Å². The van der Waals surface area contributed by atoms with Crippen molar-refractivity contribution in [3.63, 3.8) is 0 Å². The summed E-state index contributed by atoms with van der Waals surface area (Å²) in [5, 5.41) is 6.25. The van der Waals surface area contributed by atoms with Crippen LogP contribution < -0.4 is 10.2 Å². The third kappa shape index (κ3) is 2.83. The van der Waals surface area contributed by atoms with Crippen molar-refractivity contribution < 1.29 is 0 Å². The Morgan fingerprint density at radius 3 is 2.71 bits per heavy atom. The molecule has 0 unspecified atom stereocenters. The highest BCUT2D eigenvalue weighted by Crippen LogP contribution is 2.27. The van der Waals surface area contributed by atoms with Crippen LogP contribution in [0.5, 0.6) is 0 Å². The first-order valence-corrected chi connectivity index (χ1v) is 7.91. The molecule has 0 saturated heterocycles. The number of nitrogens with zero attached hydrogens (tertiary/aromatic N) is 3. The van der Waals surface area contributed by atoms with Crippen LogP contribution in [0.4, 0.5) is 11.8 Å². The first kappa shape index (κ1) is 13.8. The van der Waals surface area contributed by atoms with Gasteiger partial charge in [0, 0.05) is 23.9 Å². The zero-order chi connectivity index (χ0) is 14.7. The van der Waals surface area contributed by atoms with E-state index in [1.807, 2.05) is 25.2 Å². The lowest BCUT2D eigenvalue weighted by atomic mass is 10.2. The molecule has 3 rings (SSSR count). The second-order valence-corrected chi connectivity index (χ2v) is 5.76. The Morgan fingerprint density at radius 2 is 2.00 bits per heavy atom. The van der Waals surface area contributed by atoms with Crippen LogP contribution in [0.1, 0.15) is 11.8 Å². The van der Waals surface area contributed by atoms with E-state index in [1.165, 1.54) is 4.88 Å². The molecule has 0 radical (unpaired) electrons. The Kier molecular flexibility index (Phi) is 4.01. The summed E-state index contributed by atoms with van der Waals surface area (Å²) in [6.45, 7) is 3.93. The predicted molar refractivity (Wildman–Crippen MR) is 90.1 cm³/mol. The topological polar surface area (TPSA) is 41.1 Å². The number of nitrogens with one attached hydrogen (secondary N) is 1. The van der Waals surface area contributed by atoms with Crippen LogP contribution in [-0.2, 0) is 6.54 Å². The van der Waals surface area contributed by atoms with E-state index in [0.29, 0.717) is 5.95 Å². The van der Waals surface area contributed by atoms with Gasteiger partial charge in [0.15, 0.2) is 0 Å². The van der Waals surface area contributed by atoms with Crippen molar-refractivity contribution in [3.8, 4) is 0 Å². The lowest BCUT2D eigenvalue weighted by molar-refractivity contribution is 0.827. The molecule has 0 aliphatic rings. The number of aromatic nitrogens is 2. The number of fused-ring (bicyclic) bond motifs is 1. The molecule has 108 valence electrons. The summed E-state index contributed by atoms with van der Waals surface area (Å²) in [4.78, 5) is 12.8. The van der Waals surface area contributed by atoms with Crippen molar-refractivity contribution in [1.82, 2.24) is 9.97 Å². The van der Waals surface area contributed by atoms with E-state index in [-0.39, 0.29) is 0 Å². The van der Waals surface area contributed by atoms with E-state index in [0.717, 1.165) is 29.8 Å². The normalized spacial score (nSPS) is 10.8. The highest BCUT2D eigenvalue weighted by molar-refractivity contribution is 7.09. The zero-order valence-corrected chi connectivity index (χ0v) is 13.0. The molecule has 21 heavy (non-hydrogen) atoms. The van der Waals surface area contributed by atoms with Gasteiger partial charge in [-0.2, -0.15) is 4.98 Å². The number of hydrogen-bond acceptors (Lipinski definition) is 5. The summed E-state index contributed by atoms with van der Waals surface area (Å²) in [6, 6.07) is 12.4. The van der Waals surface area contributed by atoms with Gasteiger partial charge in [0.05, 0.1) is 12.1 Å². The van der Waals surface area contributed by atoms with Crippen LogP contribution in [0.2, 0.25) is 0 Å². The van der Waals surface area contributed by atoms with Gasteiger partial charge in [0.25, 0.3) is 0 Å². The minimum atomic E-state index is 0.660. The number of thiophene rings is 1. The SMILES string of the molecule is CCN(Cc1cccs1)c1nc(NC)nc2ccccc12. The second-order valence-electron chi connectivity index (χ2n) is 4.73. The van der Waals surface area contributed by atoms with Crippen LogP contribution in [0.25, 0.3) is 10.9 Å². The van der Waals surface area contributed by atoms with E-state index in [4.69, 9.17) is 0 Å². The van der Waals surface area contributed by atoms with Crippen molar-refractivity contribution >= 4 is 34.0 Å². The summed E-state index contributed by atoms with van der Waals surface area (Å²) in [5.74, 6) is 1.65. The third-order valence-electron chi connectivity index (χ3n) is 3.41. The molecule has 5 heteroatoms. The largest absolute Gasteiger partial charge is 0.357 e. The highest BCUT2D eigenvalue weighted by atomic mass is 32.1. The molecule has 0 spiro atoms. The van der Waals surface area contributed by atoms with Crippen LogP contribution in [0.3, 0.4) is 0 Å². The Hall–Kier alpha value is -2.14. The first-order chi connectivity index (χ1) is 10.3. The quantitative estimate of drug-likeness (QED) is 0.778. The number of benzene rings is 1. The molecule has 3 aromatic rings. The molecule has 2 heterocycles. The first-order valence-electron chi connectivity index (χ1n) is 7.03. The van der Waals surface area contributed by atoms with Gasteiger partial charge < -0.3 is 10.2 Å². The number of para-hydroxylation sites is 1. The molecular formula is C16H18N4S. The summed E-state index contributed by atoms with van der Waals surface area (Å²) in [6.07, 6.45) is 0. The summed E-state index contributed by atoms with van der Waals surface area (Å²) < 4.78 is 0. The summed E-state index contributed by atoms with van der Waals surface area (Å²) in [7, 11) is 1.85. The van der Waals surface area contributed by atoms with Crippen molar-refractivity contribution in [2.45, 2.75) is 13.5 Å². The molecule has 1 N–H and O–H groups in total. The predicted octanol–water partition coefficient (Wildman–Crippen LogP) is 3.76. The fourth-order valence-corrected chi connectivity index (χ4v) is 3.06. The van der Waals surface area contributed by atoms with Gasteiger partial charge >= 0.3 is 0 Å². The van der Waals surface area contributed by atoms with Gasteiger partial charge in [-0.1, -0.05) is 18.2 Å². The van der Waals surface area contributed by atoms with E-state index in [1.54, 1.807) is 11.3 Å². The van der Waals surface area contributed by atoms with Gasteiger partial charge in [-0.3, -0.25) is 0 Å². The smallest absolute Gasteiger partial charge is 0.224 e. The molecule has 4 nitrogen and oxygen atoms in total. The van der Waals surface area contributed by atoms with Gasteiger partial charge in [0.1, 0.15) is 5.82 Å². The van der Waals surface area contributed by atoms with Crippen LogP contribution in [-0.4, -0.2) is 23.6 Å². The molecular weight excluding hydrogens is 280 g/mol. The molecule has 0 bridgehead atoms. The summed E-state index contributed by atoms with van der Waals surface area (Å²) in [5.41, 5.74) is 0.969. The summed E-state index contributed by atoms with van der Waals surface area (Å²) >= 11 is 1.78. The third-order valence-corrected chi connectivity index (χ3v) is 4.28. The lowest BCUT2D eigenvalue weighted by Gasteiger charge is -2.23. The van der Waals surface area contributed by atoms with Crippen molar-refractivity contribution in [1.29, 1.82) is 0 Å². The Balaban J connectivity index is 2.07. The number of anilines is 2. The maximum atomic E-state index is 4.68. The average molecular weight is 298 g/mol. The number of hydrogen-bond donors (Lipinski definition) is 1. The van der Waals surface area contributed by atoms with E-state index in [9.17, 15) is 0 Å². The van der Waals surface area contributed by atoms with Crippen molar-refractivity contribution in [2.75, 3.05) is 23.8 Å². The van der Waals surface area contributed by atoms with Crippen LogP contribution in [0.15, 0.2) is 41.8 Å². The maximum absolute atomic E-state index is 4.68. The molecule has 0 fully saturated rings. The highest BCUT2D eigenvalue weighted by Gasteiger charge is 2.13. The van der Waals surface area contributed by atoms with Crippen molar-refractivity contribution in [3.05, 3.63) is 46.7 Å². The fraction of sp³-hybridized carbons (Fsp3) is 0.250. The van der Waals surface area contributed by atoms with E-state index in [2.05, 4.69) is 50.7 Å². The molecule has 2 aromatic heterocycles. The minimum absolute atomic E-state index is 0.660. The van der Waals surface area contributed by atoms with Crippen LogP contribution in [0, 0.1) is 0 Å². The maximum Gasteiger partial charge on any atom is 0.224 e. The fourth-order valence-electron chi connectivity index (χ4n) is 2.34. The molecule has 0 atom stereocenters. The molecule has 0 saturated carbocycles. The molecule has 0 amide bonds. The minimum Gasteiger partial charge on any atom is -0.357 e. The Labute approximate surface area is 128 Å². The van der Waals surface area contributed by atoms with E-state index >= 15 is 0 Å². The van der Waals surface area contributed by atoms with Gasteiger partial charge in [-0.25, -0.2) is 4.98 Å². The number of rotatable bonds is 5. The Morgan fingerprint density at radius 1 is 1.14 bits per heavy atom. The van der Waals surface area contributed by atoms with Crippen LogP contribution >= 0.6 is 11.3 Å². The molecule has 1 aromatic carbocycles. The zero-order valence-electron chi connectivity index (χ0n) is 12.2. The Bertz CT molecular complexity index is 724. The lowest BCUT2D eigenvalue weighted by Crippen LogP contribution is -2.23. The van der Waals surface area contributed by atoms with Gasteiger partial charge in [0.2, 0.25) is 5.95 Å². The van der Waals surface area contributed by atoms with E-state index < -0.39 is 0 Å². The standard InChI is InChI=1S/C16H18N4S/c1-3-20(11-12-7-6-10-21-12)15-13-8-4-5-9-14(13)18-16(17-2)19-15/h4-10H,3,11H2,1-2H3,(H,17,18,19). The monoisotopic (exact) mass is 298 g/mol. The van der Waals surface area contributed by atoms with Gasteiger partial charge in [-0.05, 0) is 30.5 Å². The molecule has 0 aliphatic carbocycles. The second kappa shape index (κ2) is 6.10. The average Bonchev–Trinajstić information content (AvgIpc) is 3.04. The van der Waals surface area contributed by atoms with Gasteiger partial charge in [-0.15, -0.1) is 11.3 Å².